The highest BCUT2D eigenvalue weighted by Gasteiger charge is 1.93. The van der Waals surface area contributed by atoms with E-state index in [-0.39, 0.29) is 10.5 Å². The van der Waals surface area contributed by atoms with Crippen LogP contribution in [0.1, 0.15) is 5.56 Å². The van der Waals surface area contributed by atoms with E-state index in [9.17, 15) is 0 Å². The normalized spacial score (nSPS) is 19.9. The van der Waals surface area contributed by atoms with E-state index in [0.717, 1.165) is 10.6 Å². The van der Waals surface area contributed by atoms with Crippen LogP contribution in [0.3, 0.4) is 0 Å². The quantitative estimate of drug-likeness (QED) is 0.630. The van der Waals surface area contributed by atoms with Gasteiger partial charge in [-0.1, -0.05) is 23.7 Å². The summed E-state index contributed by atoms with van der Waals surface area (Å²) in [7, 11) is 0.0576. The van der Waals surface area contributed by atoms with Crippen LogP contribution in [0, 0.1) is 0 Å². The summed E-state index contributed by atoms with van der Waals surface area (Å²) in [5.74, 6) is 0. The predicted octanol–water partition coefficient (Wildman–Crippen LogP) is 3.27. The first-order valence-corrected chi connectivity index (χ1v) is 5.65. The van der Waals surface area contributed by atoms with Crippen molar-refractivity contribution in [3.8, 4) is 0 Å². The SMILES string of the molecule is Clc1cccc(/C=S2/C=CN=C2)c1. The molecule has 0 radical (unpaired) electrons. The first-order chi connectivity index (χ1) is 6.34. The Balaban J connectivity index is 2.32. The molecule has 66 valence electrons. The van der Waals surface area contributed by atoms with Crippen LogP contribution in [0.2, 0.25) is 5.02 Å². The van der Waals surface area contributed by atoms with E-state index in [2.05, 4.69) is 15.8 Å². The number of rotatable bonds is 1. The molecule has 1 aliphatic rings. The Morgan fingerprint density at radius 2 is 2.31 bits per heavy atom. The molecular formula is C10H8ClNS. The van der Waals surface area contributed by atoms with Crippen molar-refractivity contribution in [1.82, 2.24) is 0 Å². The Kier molecular flexibility index (Phi) is 2.62. The molecule has 0 fully saturated rings. The predicted molar refractivity (Wildman–Crippen MR) is 61.8 cm³/mol. The van der Waals surface area contributed by atoms with E-state index >= 15 is 0 Å². The molecule has 1 unspecified atom stereocenters. The largest absolute Gasteiger partial charge is 0.258 e. The lowest BCUT2D eigenvalue weighted by Crippen LogP contribution is -1.79. The van der Waals surface area contributed by atoms with Crippen LogP contribution in [0.25, 0.3) is 0 Å². The van der Waals surface area contributed by atoms with Gasteiger partial charge in [0.2, 0.25) is 0 Å². The van der Waals surface area contributed by atoms with Gasteiger partial charge in [0.15, 0.2) is 0 Å². The number of hydrogen-bond acceptors (Lipinski definition) is 1. The lowest BCUT2D eigenvalue weighted by molar-refractivity contribution is 1.65. The second-order valence-corrected chi connectivity index (χ2v) is 4.59. The van der Waals surface area contributed by atoms with Gasteiger partial charge in [-0.2, -0.15) is 0 Å². The minimum absolute atomic E-state index is 0.0576. The second-order valence-electron chi connectivity index (χ2n) is 2.62. The standard InChI is InChI=1S/C10H8ClNS/c11-10-3-1-2-9(6-10)7-13-5-4-12-8-13/h1-8H. The van der Waals surface area contributed by atoms with Gasteiger partial charge in [-0.3, -0.25) is 4.99 Å². The highest BCUT2D eigenvalue weighted by atomic mass is 35.5. The molecule has 1 nitrogen and oxygen atoms in total. The summed E-state index contributed by atoms with van der Waals surface area (Å²) < 4.78 is 0. The lowest BCUT2D eigenvalue weighted by Gasteiger charge is -1.95. The Morgan fingerprint density at radius 1 is 1.38 bits per heavy atom. The summed E-state index contributed by atoms with van der Waals surface area (Å²) >= 11 is 5.86. The first kappa shape index (κ1) is 8.73. The third-order valence-corrected chi connectivity index (χ3v) is 3.19. The molecule has 0 bridgehead atoms. The summed E-state index contributed by atoms with van der Waals surface area (Å²) in [6.45, 7) is 0. The van der Waals surface area contributed by atoms with Crippen LogP contribution in [0.4, 0.5) is 0 Å². The smallest absolute Gasteiger partial charge is 0.0582 e. The summed E-state index contributed by atoms with van der Waals surface area (Å²) in [6.07, 6.45) is 1.82. The number of aliphatic imine (C=N–C) groups is 1. The fraction of sp³-hybridized carbons (Fsp3) is 0. The van der Waals surface area contributed by atoms with Gasteiger partial charge in [0, 0.05) is 11.2 Å². The van der Waals surface area contributed by atoms with Crippen molar-refractivity contribution in [1.29, 1.82) is 0 Å². The third-order valence-electron chi connectivity index (χ3n) is 1.61. The van der Waals surface area contributed by atoms with Gasteiger partial charge in [0.25, 0.3) is 0 Å². The van der Waals surface area contributed by atoms with Gasteiger partial charge in [0.05, 0.1) is 5.55 Å². The molecule has 1 aliphatic heterocycles. The molecular weight excluding hydrogens is 202 g/mol. The highest BCUT2D eigenvalue weighted by Crippen LogP contribution is 2.18. The Morgan fingerprint density at radius 3 is 3.00 bits per heavy atom. The molecule has 1 aromatic rings. The molecule has 0 aliphatic carbocycles. The summed E-state index contributed by atoms with van der Waals surface area (Å²) in [5.41, 5.74) is 3.08. The van der Waals surface area contributed by atoms with Crippen LogP contribution in [0.5, 0.6) is 0 Å². The van der Waals surface area contributed by atoms with Crippen LogP contribution in [-0.4, -0.2) is 10.9 Å². The van der Waals surface area contributed by atoms with Gasteiger partial charge in [-0.05, 0) is 28.5 Å². The molecule has 0 saturated heterocycles. The Hall–Kier alpha value is -0.860. The monoisotopic (exact) mass is 209 g/mol. The first-order valence-electron chi connectivity index (χ1n) is 3.86. The van der Waals surface area contributed by atoms with Crippen molar-refractivity contribution in [2.24, 2.45) is 4.99 Å². The van der Waals surface area contributed by atoms with E-state index in [1.807, 2.05) is 36.0 Å². The van der Waals surface area contributed by atoms with Crippen LogP contribution in [0.15, 0.2) is 40.9 Å². The number of hydrogen-bond donors (Lipinski definition) is 0. The number of benzene rings is 1. The van der Waals surface area contributed by atoms with E-state index < -0.39 is 0 Å². The maximum absolute atomic E-state index is 5.86. The zero-order valence-corrected chi connectivity index (χ0v) is 8.42. The summed E-state index contributed by atoms with van der Waals surface area (Å²) in [4.78, 5) is 4.03. The van der Waals surface area contributed by atoms with Crippen molar-refractivity contribution in [2.45, 2.75) is 0 Å². The average Bonchev–Trinajstić information content (AvgIpc) is 2.57. The van der Waals surface area contributed by atoms with E-state index in [4.69, 9.17) is 11.6 Å². The molecule has 1 atom stereocenters. The van der Waals surface area contributed by atoms with E-state index in [0.29, 0.717) is 0 Å². The molecule has 2 rings (SSSR count). The lowest BCUT2D eigenvalue weighted by atomic mass is 10.2. The summed E-state index contributed by atoms with van der Waals surface area (Å²) in [6, 6.07) is 7.82. The maximum atomic E-state index is 5.86. The van der Waals surface area contributed by atoms with Gasteiger partial charge >= 0.3 is 0 Å². The van der Waals surface area contributed by atoms with Crippen molar-refractivity contribution >= 4 is 33.0 Å². The van der Waals surface area contributed by atoms with Crippen LogP contribution in [-0.2, 0) is 0 Å². The summed E-state index contributed by atoms with van der Waals surface area (Å²) in [5, 5.41) is 5.00. The van der Waals surface area contributed by atoms with E-state index in [1.165, 1.54) is 0 Å². The van der Waals surface area contributed by atoms with Crippen molar-refractivity contribution in [2.75, 3.05) is 0 Å². The van der Waals surface area contributed by atoms with Crippen molar-refractivity contribution in [3.05, 3.63) is 46.5 Å². The van der Waals surface area contributed by atoms with Gasteiger partial charge in [0.1, 0.15) is 0 Å². The molecule has 0 N–H and O–H groups in total. The molecule has 13 heavy (non-hydrogen) atoms. The van der Waals surface area contributed by atoms with Gasteiger partial charge in [-0.15, -0.1) is 10.5 Å². The number of halogens is 1. The van der Waals surface area contributed by atoms with Crippen LogP contribution < -0.4 is 0 Å². The molecule has 0 spiro atoms. The Bertz CT molecular complexity index is 393. The average molecular weight is 210 g/mol. The topological polar surface area (TPSA) is 12.4 Å². The Labute approximate surface area is 84.7 Å². The fourth-order valence-electron chi connectivity index (χ4n) is 1.05. The van der Waals surface area contributed by atoms with Gasteiger partial charge < -0.3 is 0 Å². The van der Waals surface area contributed by atoms with Crippen LogP contribution >= 0.6 is 22.1 Å². The molecule has 0 aromatic heterocycles. The molecule has 3 heteroatoms. The fourth-order valence-corrected chi connectivity index (χ4v) is 2.34. The van der Waals surface area contributed by atoms with Crippen molar-refractivity contribution in [3.63, 3.8) is 0 Å². The molecule has 1 aromatic carbocycles. The molecule has 0 amide bonds. The minimum atomic E-state index is 0.0576. The zero-order chi connectivity index (χ0) is 9.10. The minimum Gasteiger partial charge on any atom is -0.258 e. The van der Waals surface area contributed by atoms with Crippen molar-refractivity contribution < 1.29 is 0 Å². The molecule has 0 saturated carbocycles. The van der Waals surface area contributed by atoms with E-state index in [1.54, 1.807) is 0 Å². The van der Waals surface area contributed by atoms with Gasteiger partial charge in [-0.25, -0.2) is 0 Å². The zero-order valence-electron chi connectivity index (χ0n) is 6.85. The number of nitrogens with zero attached hydrogens (tertiary/aromatic N) is 1. The highest BCUT2D eigenvalue weighted by molar-refractivity contribution is 8.29. The second kappa shape index (κ2) is 3.90. The molecule has 1 heterocycles. The third kappa shape index (κ3) is 2.29. The maximum Gasteiger partial charge on any atom is 0.0582 e.